The molecule has 2 aliphatic rings. The Labute approximate surface area is 231 Å². The Morgan fingerprint density at radius 2 is 1.77 bits per heavy atom. The van der Waals surface area contributed by atoms with Gasteiger partial charge in [-0.25, -0.2) is 0 Å². The van der Waals surface area contributed by atoms with Crippen LogP contribution < -0.4 is 14.2 Å². The van der Waals surface area contributed by atoms with Crippen molar-refractivity contribution in [3.8, 4) is 17.2 Å². The molecule has 1 aliphatic carbocycles. The third-order valence-electron chi connectivity index (χ3n) is 7.38. The fourth-order valence-corrected chi connectivity index (χ4v) is 5.55. The number of para-hydroxylation sites is 1. The van der Waals surface area contributed by atoms with E-state index >= 15 is 0 Å². The van der Waals surface area contributed by atoms with Crippen molar-refractivity contribution >= 4 is 17.5 Å². The van der Waals surface area contributed by atoms with Crippen molar-refractivity contribution in [2.75, 3.05) is 20.8 Å². The molecule has 0 spiro atoms. The first kappa shape index (κ1) is 28.4. The molecule has 3 atom stereocenters. The van der Waals surface area contributed by atoms with Crippen LogP contribution in [-0.4, -0.2) is 44.4 Å². The second-order valence-electron chi connectivity index (χ2n) is 10.4. The number of unbranched alkanes of at least 4 members (excludes halogenated alkanes) is 1. The van der Waals surface area contributed by atoms with Gasteiger partial charge in [0.1, 0.15) is 11.7 Å². The highest BCUT2D eigenvalue weighted by atomic mass is 16.5. The fourth-order valence-electron chi connectivity index (χ4n) is 5.55. The summed E-state index contributed by atoms with van der Waals surface area (Å²) < 4.78 is 22.8. The van der Waals surface area contributed by atoms with Gasteiger partial charge in [0.05, 0.1) is 26.9 Å². The van der Waals surface area contributed by atoms with Crippen molar-refractivity contribution in [3.63, 3.8) is 0 Å². The molecule has 0 bridgehead atoms. The van der Waals surface area contributed by atoms with E-state index in [1.807, 2.05) is 63.2 Å². The zero-order valence-corrected chi connectivity index (χ0v) is 23.8. The van der Waals surface area contributed by atoms with Gasteiger partial charge in [0.2, 0.25) is 0 Å². The molecule has 39 heavy (non-hydrogen) atoms. The second-order valence-corrected chi connectivity index (χ2v) is 10.4. The molecule has 0 amide bonds. The fraction of sp³-hybridized carbons (Fsp3) is 0.469. The van der Waals surface area contributed by atoms with E-state index in [1.54, 1.807) is 14.2 Å². The van der Waals surface area contributed by atoms with E-state index in [2.05, 4.69) is 6.92 Å². The summed E-state index contributed by atoms with van der Waals surface area (Å²) in [5.74, 6) is 0.278. The molecule has 2 aromatic carbocycles. The van der Waals surface area contributed by atoms with Gasteiger partial charge in [-0.05, 0) is 63.3 Å². The minimum Gasteiger partial charge on any atom is -0.493 e. The molecule has 1 unspecified atom stereocenters. The van der Waals surface area contributed by atoms with E-state index in [-0.39, 0.29) is 23.8 Å². The van der Waals surface area contributed by atoms with Crippen molar-refractivity contribution in [2.24, 2.45) is 10.9 Å². The molecule has 4 rings (SSSR count). The molecule has 208 valence electrons. The summed E-state index contributed by atoms with van der Waals surface area (Å²) in [5.41, 5.74) is 3.77. The number of carbonyl (C=O) groups is 2. The van der Waals surface area contributed by atoms with Crippen molar-refractivity contribution < 1.29 is 28.5 Å². The summed E-state index contributed by atoms with van der Waals surface area (Å²) in [5, 5.41) is 0. The largest absolute Gasteiger partial charge is 0.493 e. The molecular weight excluding hydrogens is 494 g/mol. The van der Waals surface area contributed by atoms with Gasteiger partial charge in [-0.2, -0.15) is 0 Å². The number of ketones is 1. The molecule has 0 N–H and O–H groups in total. The highest BCUT2D eigenvalue weighted by Crippen LogP contribution is 2.49. The lowest BCUT2D eigenvalue weighted by Gasteiger charge is -2.37. The first-order chi connectivity index (χ1) is 18.8. The standard InChI is InChI=1S/C32H39NO6/c1-7-8-15-38-32(35)29-20(4)33-24-16-22(21-13-14-27(36-5)28(18-21)37-6)17-25(34)31(24)30(29)23-11-9-10-12-26(23)39-19(2)3/h9-14,18-19,22,29-30H,7-8,15-17H2,1-6H3/t22-,29?,30-/m1/s1. The van der Waals surface area contributed by atoms with Crippen LogP contribution in [0, 0.1) is 5.92 Å². The number of nitrogens with zero attached hydrogens (tertiary/aromatic N) is 1. The molecule has 0 saturated heterocycles. The molecule has 0 aromatic heterocycles. The minimum absolute atomic E-state index is 0.0111. The average molecular weight is 534 g/mol. The third kappa shape index (κ3) is 6.02. The van der Waals surface area contributed by atoms with Crippen LogP contribution in [0.3, 0.4) is 0 Å². The highest BCUT2D eigenvalue weighted by molar-refractivity contribution is 6.09. The Bertz CT molecular complexity index is 1280. The lowest BCUT2D eigenvalue weighted by Crippen LogP contribution is -2.38. The summed E-state index contributed by atoms with van der Waals surface area (Å²) in [6, 6.07) is 13.4. The van der Waals surface area contributed by atoms with Gasteiger partial charge in [0.25, 0.3) is 0 Å². The molecule has 0 fully saturated rings. The predicted octanol–water partition coefficient (Wildman–Crippen LogP) is 6.41. The zero-order valence-electron chi connectivity index (χ0n) is 23.8. The number of benzene rings is 2. The van der Waals surface area contributed by atoms with Gasteiger partial charge in [-0.15, -0.1) is 0 Å². The van der Waals surface area contributed by atoms with Gasteiger partial charge in [-0.3, -0.25) is 14.6 Å². The predicted molar refractivity (Wildman–Crippen MR) is 151 cm³/mol. The normalized spacial score (nSPS) is 20.8. The zero-order chi connectivity index (χ0) is 28.1. The summed E-state index contributed by atoms with van der Waals surface area (Å²) >= 11 is 0. The van der Waals surface area contributed by atoms with Crippen molar-refractivity contribution in [2.45, 2.75) is 71.3 Å². The maximum absolute atomic E-state index is 14.0. The van der Waals surface area contributed by atoms with E-state index in [4.69, 9.17) is 23.9 Å². The van der Waals surface area contributed by atoms with Crippen molar-refractivity contribution in [1.82, 2.24) is 0 Å². The van der Waals surface area contributed by atoms with Crippen LogP contribution in [0.5, 0.6) is 17.2 Å². The summed E-state index contributed by atoms with van der Waals surface area (Å²) in [4.78, 5) is 32.3. The highest BCUT2D eigenvalue weighted by Gasteiger charge is 2.45. The van der Waals surface area contributed by atoms with Crippen LogP contribution in [-0.2, 0) is 14.3 Å². The molecule has 0 radical (unpaired) electrons. The molecule has 1 aliphatic heterocycles. The van der Waals surface area contributed by atoms with Crippen LogP contribution in [0.15, 0.2) is 58.7 Å². The smallest absolute Gasteiger partial charge is 0.315 e. The van der Waals surface area contributed by atoms with E-state index in [0.717, 1.165) is 29.7 Å². The molecular formula is C32H39NO6. The molecule has 7 nitrogen and oxygen atoms in total. The number of esters is 1. The summed E-state index contributed by atoms with van der Waals surface area (Å²) in [6.07, 6.45) is 2.53. The van der Waals surface area contributed by atoms with E-state index in [9.17, 15) is 9.59 Å². The Kier molecular flexibility index (Phi) is 9.10. The first-order valence-electron chi connectivity index (χ1n) is 13.7. The molecule has 1 heterocycles. The Hall–Kier alpha value is -3.61. The van der Waals surface area contributed by atoms with Gasteiger partial charge < -0.3 is 18.9 Å². The number of Topliss-reactive ketones (excluding diaryl/α,β-unsaturated/α-hetero) is 1. The molecule has 7 heteroatoms. The number of rotatable bonds is 10. The van der Waals surface area contributed by atoms with Crippen molar-refractivity contribution in [3.05, 3.63) is 64.9 Å². The van der Waals surface area contributed by atoms with E-state index < -0.39 is 11.8 Å². The number of aliphatic imine (C=N–C) groups is 1. The maximum Gasteiger partial charge on any atom is 0.315 e. The quantitative estimate of drug-likeness (QED) is 0.259. The van der Waals surface area contributed by atoms with Gasteiger partial charge in [0, 0.05) is 34.9 Å². The first-order valence-corrected chi connectivity index (χ1v) is 13.7. The monoisotopic (exact) mass is 533 g/mol. The summed E-state index contributed by atoms with van der Waals surface area (Å²) in [6.45, 7) is 8.18. The van der Waals surface area contributed by atoms with E-state index in [0.29, 0.717) is 48.0 Å². The van der Waals surface area contributed by atoms with Gasteiger partial charge in [0.15, 0.2) is 17.3 Å². The van der Waals surface area contributed by atoms with Crippen LogP contribution in [0.25, 0.3) is 0 Å². The van der Waals surface area contributed by atoms with Crippen LogP contribution in [0.2, 0.25) is 0 Å². The van der Waals surface area contributed by atoms with Gasteiger partial charge in [-0.1, -0.05) is 37.6 Å². The van der Waals surface area contributed by atoms with E-state index in [1.165, 1.54) is 0 Å². The summed E-state index contributed by atoms with van der Waals surface area (Å²) in [7, 11) is 3.20. The maximum atomic E-state index is 14.0. The van der Waals surface area contributed by atoms with Crippen LogP contribution >= 0.6 is 0 Å². The Balaban J connectivity index is 1.79. The lowest BCUT2D eigenvalue weighted by molar-refractivity contribution is -0.146. The minimum atomic E-state index is -0.695. The molecule has 0 saturated carbocycles. The Morgan fingerprint density at radius 1 is 1.03 bits per heavy atom. The van der Waals surface area contributed by atoms with Crippen LogP contribution in [0.4, 0.5) is 0 Å². The number of carbonyl (C=O) groups excluding carboxylic acids is 2. The molecule has 2 aromatic rings. The number of allylic oxidation sites excluding steroid dienone is 2. The number of ether oxygens (including phenoxy) is 4. The second kappa shape index (κ2) is 12.5. The van der Waals surface area contributed by atoms with Crippen LogP contribution in [0.1, 0.15) is 76.3 Å². The average Bonchev–Trinajstić information content (AvgIpc) is 2.91. The lowest BCUT2D eigenvalue weighted by atomic mass is 9.69. The van der Waals surface area contributed by atoms with Gasteiger partial charge >= 0.3 is 5.97 Å². The Morgan fingerprint density at radius 3 is 2.46 bits per heavy atom. The SMILES string of the molecule is CCCCOC(=O)C1C(C)=NC2=C(C(=O)C[C@H](c3ccc(OC)c(OC)c3)C2)[C@@H]1c1ccccc1OC(C)C. The number of hydrogen-bond acceptors (Lipinski definition) is 7. The third-order valence-corrected chi connectivity index (χ3v) is 7.38. The number of methoxy groups -OCH3 is 2. The topological polar surface area (TPSA) is 83.4 Å². The number of hydrogen-bond donors (Lipinski definition) is 0. The van der Waals surface area contributed by atoms with Crippen molar-refractivity contribution in [1.29, 1.82) is 0 Å².